The van der Waals surface area contributed by atoms with Gasteiger partial charge in [-0.05, 0) is 25.9 Å². The molecule has 0 spiro atoms. The smallest absolute Gasteiger partial charge is 0.317 e. The number of rotatable bonds is 0. The Balaban J connectivity index is 0.000000162. The lowest BCUT2D eigenvalue weighted by Gasteiger charge is -1.84. The van der Waals surface area contributed by atoms with E-state index in [4.69, 9.17) is 14.4 Å². The third-order valence-corrected chi connectivity index (χ3v) is 0.957. The molecule has 62 valence electrons. The van der Waals surface area contributed by atoms with E-state index in [1.807, 2.05) is 0 Å². The third-order valence-electron chi connectivity index (χ3n) is 0.957. The summed E-state index contributed by atoms with van der Waals surface area (Å²) in [6, 6.07) is 0. The van der Waals surface area contributed by atoms with Crippen molar-refractivity contribution in [1.82, 2.24) is 5.32 Å². The lowest BCUT2D eigenvalue weighted by atomic mass is 10.4. The molecule has 1 rings (SSSR count). The van der Waals surface area contributed by atoms with E-state index in [9.17, 15) is 0 Å². The molecule has 5 N–H and O–H groups in total. The largest absolute Gasteiger partial charge is 0.397 e. The second-order valence-electron chi connectivity index (χ2n) is 2.05. The van der Waals surface area contributed by atoms with Gasteiger partial charge in [0.1, 0.15) is 0 Å². The Morgan fingerprint density at radius 2 is 1.60 bits per heavy atom. The SMILES string of the molecule is C1CCNC1.NP(=O)(O)O. The molecule has 0 amide bonds. The normalized spacial score (nSPS) is 17.9. The van der Waals surface area contributed by atoms with Gasteiger partial charge in [-0.25, -0.2) is 10.1 Å². The van der Waals surface area contributed by atoms with Crippen LogP contribution in [0.4, 0.5) is 0 Å². The molecule has 0 aromatic rings. The maximum Gasteiger partial charge on any atom is 0.397 e. The first-order valence-electron chi connectivity index (χ1n) is 3.05. The van der Waals surface area contributed by atoms with E-state index in [-0.39, 0.29) is 0 Å². The van der Waals surface area contributed by atoms with Crippen molar-refractivity contribution in [3.05, 3.63) is 0 Å². The van der Waals surface area contributed by atoms with Crippen LogP contribution in [0.25, 0.3) is 0 Å². The predicted molar refractivity (Wildman–Crippen MR) is 38.3 cm³/mol. The molecule has 0 bridgehead atoms. The Bertz CT molecular complexity index is 104. The average Bonchev–Trinajstić information content (AvgIpc) is 2.07. The molecule has 1 aliphatic rings. The van der Waals surface area contributed by atoms with Crippen LogP contribution in [0.3, 0.4) is 0 Å². The van der Waals surface area contributed by atoms with Crippen LogP contribution in [-0.4, -0.2) is 22.9 Å². The highest BCUT2D eigenvalue weighted by molar-refractivity contribution is 7.49. The summed E-state index contributed by atoms with van der Waals surface area (Å²) in [6.45, 7) is 2.50. The summed E-state index contributed by atoms with van der Waals surface area (Å²) >= 11 is 0. The van der Waals surface area contributed by atoms with Crippen molar-refractivity contribution in [2.75, 3.05) is 13.1 Å². The summed E-state index contributed by atoms with van der Waals surface area (Å²) < 4.78 is 9.10. The van der Waals surface area contributed by atoms with Gasteiger partial charge in [0.15, 0.2) is 0 Å². The van der Waals surface area contributed by atoms with E-state index >= 15 is 0 Å². The summed E-state index contributed by atoms with van der Waals surface area (Å²) in [5, 5.41) is 3.22. The zero-order valence-corrected chi connectivity index (χ0v) is 6.55. The van der Waals surface area contributed by atoms with Crippen LogP contribution >= 0.6 is 7.75 Å². The molecule has 0 saturated carbocycles. The molecular formula is C4H13N2O3P. The van der Waals surface area contributed by atoms with Gasteiger partial charge in [-0.3, -0.25) is 0 Å². The summed E-state index contributed by atoms with van der Waals surface area (Å²) in [4.78, 5) is 14.8. The molecule has 1 aliphatic heterocycles. The van der Waals surface area contributed by atoms with E-state index in [0.717, 1.165) is 0 Å². The van der Waals surface area contributed by atoms with Gasteiger partial charge < -0.3 is 15.1 Å². The van der Waals surface area contributed by atoms with Gasteiger partial charge in [0.05, 0.1) is 0 Å². The van der Waals surface area contributed by atoms with Gasteiger partial charge in [0.25, 0.3) is 0 Å². The van der Waals surface area contributed by atoms with Crippen molar-refractivity contribution in [2.24, 2.45) is 5.50 Å². The maximum atomic E-state index is 9.10. The quantitative estimate of drug-likeness (QED) is 0.362. The molecule has 1 fully saturated rings. The number of nitrogens with two attached hydrogens (primary N) is 1. The van der Waals surface area contributed by atoms with Gasteiger partial charge in [0.2, 0.25) is 0 Å². The van der Waals surface area contributed by atoms with Crippen LogP contribution in [0.1, 0.15) is 12.8 Å². The number of nitrogens with one attached hydrogen (secondary N) is 1. The van der Waals surface area contributed by atoms with Crippen LogP contribution in [0, 0.1) is 0 Å². The molecule has 1 heterocycles. The van der Waals surface area contributed by atoms with E-state index in [1.54, 1.807) is 0 Å². The summed E-state index contributed by atoms with van der Waals surface area (Å²) in [7, 11) is -4.14. The highest BCUT2D eigenvalue weighted by atomic mass is 31.2. The first kappa shape index (κ1) is 10.1. The fourth-order valence-corrected chi connectivity index (χ4v) is 0.625. The molecule has 6 heteroatoms. The maximum absolute atomic E-state index is 9.10. The summed E-state index contributed by atoms with van der Waals surface area (Å²) in [6.07, 6.45) is 2.78. The van der Waals surface area contributed by atoms with Crippen molar-refractivity contribution < 1.29 is 14.4 Å². The minimum absolute atomic E-state index is 1.25. The van der Waals surface area contributed by atoms with Gasteiger partial charge in [-0.15, -0.1) is 0 Å². The van der Waals surface area contributed by atoms with Crippen molar-refractivity contribution in [1.29, 1.82) is 0 Å². The molecular weight excluding hydrogens is 155 g/mol. The predicted octanol–water partition coefficient (Wildman–Crippen LogP) is -0.592. The standard InChI is InChI=1S/C4H9N.H4NO3P/c1-2-4-5-3-1;1-5(2,3)4/h5H,1-4H2;(H4,1,2,3,4). The van der Waals surface area contributed by atoms with Crippen LogP contribution in [0.5, 0.6) is 0 Å². The Kier molecular flexibility index (Phi) is 4.85. The molecule has 1 saturated heterocycles. The van der Waals surface area contributed by atoms with Gasteiger partial charge in [0, 0.05) is 0 Å². The molecule has 0 aliphatic carbocycles. The Labute approximate surface area is 59.8 Å². The van der Waals surface area contributed by atoms with Crippen molar-refractivity contribution in [2.45, 2.75) is 12.8 Å². The molecule has 0 atom stereocenters. The lowest BCUT2D eigenvalue weighted by Crippen LogP contribution is -2.03. The average molecular weight is 168 g/mol. The molecule has 0 aromatic heterocycles. The van der Waals surface area contributed by atoms with E-state index in [2.05, 4.69) is 10.8 Å². The second kappa shape index (κ2) is 4.82. The first-order chi connectivity index (χ1) is 4.50. The second-order valence-corrected chi connectivity index (χ2v) is 3.22. The summed E-state index contributed by atoms with van der Waals surface area (Å²) in [5.41, 5.74) is 4.02. The highest BCUT2D eigenvalue weighted by Gasteiger charge is 1.96. The fourth-order valence-electron chi connectivity index (χ4n) is 0.625. The van der Waals surface area contributed by atoms with Gasteiger partial charge in [-0.2, -0.15) is 0 Å². The van der Waals surface area contributed by atoms with Crippen LogP contribution in [-0.2, 0) is 4.57 Å². The highest BCUT2D eigenvalue weighted by Crippen LogP contribution is 2.20. The molecule has 10 heavy (non-hydrogen) atoms. The lowest BCUT2D eigenvalue weighted by molar-refractivity contribution is 0.374. The van der Waals surface area contributed by atoms with E-state index in [1.165, 1.54) is 25.9 Å². The van der Waals surface area contributed by atoms with Crippen molar-refractivity contribution >= 4 is 7.75 Å². The van der Waals surface area contributed by atoms with Crippen LogP contribution < -0.4 is 10.8 Å². The monoisotopic (exact) mass is 168 g/mol. The van der Waals surface area contributed by atoms with Gasteiger partial charge in [-0.1, -0.05) is 0 Å². The number of hydrogen-bond acceptors (Lipinski definition) is 2. The zero-order chi connectivity index (χ0) is 8.04. The third kappa shape index (κ3) is 15.7. The topological polar surface area (TPSA) is 95.6 Å². The molecule has 5 nitrogen and oxygen atoms in total. The minimum atomic E-state index is -4.14. The molecule has 0 unspecified atom stereocenters. The fraction of sp³-hybridized carbons (Fsp3) is 1.00. The Hall–Kier alpha value is 0.0700. The van der Waals surface area contributed by atoms with Crippen LogP contribution in [0.15, 0.2) is 0 Å². The van der Waals surface area contributed by atoms with Crippen molar-refractivity contribution in [3.8, 4) is 0 Å². The van der Waals surface area contributed by atoms with E-state index in [0.29, 0.717) is 0 Å². The first-order valence-corrected chi connectivity index (χ1v) is 4.73. The van der Waals surface area contributed by atoms with Crippen molar-refractivity contribution in [3.63, 3.8) is 0 Å². The van der Waals surface area contributed by atoms with Crippen LogP contribution in [0.2, 0.25) is 0 Å². The summed E-state index contributed by atoms with van der Waals surface area (Å²) in [5.74, 6) is 0. The Morgan fingerprint density at radius 1 is 1.30 bits per heavy atom. The van der Waals surface area contributed by atoms with Gasteiger partial charge >= 0.3 is 7.75 Å². The molecule has 0 radical (unpaired) electrons. The molecule has 0 aromatic carbocycles. The zero-order valence-electron chi connectivity index (χ0n) is 5.66. The minimum Gasteiger partial charge on any atom is -0.317 e. The van der Waals surface area contributed by atoms with E-state index < -0.39 is 7.75 Å². The Morgan fingerprint density at radius 3 is 1.70 bits per heavy atom. The number of hydrogen-bond donors (Lipinski definition) is 4.